The van der Waals surface area contributed by atoms with Gasteiger partial charge in [0, 0.05) is 11.9 Å². The minimum atomic E-state index is -0.531. The summed E-state index contributed by atoms with van der Waals surface area (Å²) in [6, 6.07) is 4.70. The molecule has 0 saturated carbocycles. The van der Waals surface area contributed by atoms with Crippen molar-refractivity contribution in [3.8, 4) is 5.69 Å². The third-order valence-corrected chi connectivity index (χ3v) is 2.90. The van der Waals surface area contributed by atoms with Crippen LogP contribution < -0.4 is 11.1 Å². The van der Waals surface area contributed by atoms with Crippen molar-refractivity contribution in [2.45, 2.75) is 13.8 Å². The lowest BCUT2D eigenvalue weighted by Gasteiger charge is -2.03. The number of nitrogens with zero attached hydrogens (tertiary/aromatic N) is 3. The smallest absolute Gasteiger partial charge is 0.274 e. The highest BCUT2D eigenvalue weighted by Gasteiger charge is 2.14. The van der Waals surface area contributed by atoms with Crippen molar-refractivity contribution in [1.29, 1.82) is 0 Å². The maximum Gasteiger partial charge on any atom is 0.370 e. The fraction of sp³-hybridized carbons (Fsp3) is 0.182. The van der Waals surface area contributed by atoms with E-state index in [1.165, 1.54) is 13.0 Å². The first kappa shape index (κ1) is 13.6. The van der Waals surface area contributed by atoms with E-state index in [9.17, 15) is 9.59 Å². The van der Waals surface area contributed by atoms with Crippen LogP contribution in [0.5, 0.6) is 0 Å². The SMILES string of the molecule is CC(=O)Nn1c(C)nn(-c2cc(Cl)ccc2Cl)c1=O. The van der Waals surface area contributed by atoms with E-state index in [2.05, 4.69) is 10.5 Å². The molecule has 0 unspecified atom stereocenters. The Hall–Kier alpha value is -1.79. The zero-order valence-corrected chi connectivity index (χ0v) is 11.7. The van der Waals surface area contributed by atoms with Gasteiger partial charge < -0.3 is 0 Å². The monoisotopic (exact) mass is 300 g/mol. The number of amides is 1. The maximum atomic E-state index is 12.1. The molecule has 6 nitrogen and oxygen atoms in total. The fourth-order valence-electron chi connectivity index (χ4n) is 1.56. The van der Waals surface area contributed by atoms with Crippen LogP contribution in [0, 0.1) is 6.92 Å². The molecule has 1 amide bonds. The molecule has 0 aliphatic rings. The van der Waals surface area contributed by atoms with Gasteiger partial charge in [-0.2, -0.15) is 9.36 Å². The Morgan fingerprint density at radius 2 is 2.05 bits per heavy atom. The summed E-state index contributed by atoms with van der Waals surface area (Å²) in [6.45, 7) is 2.89. The van der Waals surface area contributed by atoms with Crippen molar-refractivity contribution in [1.82, 2.24) is 14.5 Å². The Balaban J connectivity index is 2.61. The molecule has 1 aromatic carbocycles. The van der Waals surface area contributed by atoms with Crippen molar-refractivity contribution in [3.63, 3.8) is 0 Å². The van der Waals surface area contributed by atoms with Gasteiger partial charge in [-0.25, -0.2) is 4.79 Å². The zero-order chi connectivity index (χ0) is 14.2. The predicted octanol–water partition coefficient (Wildman–Crippen LogP) is 1.74. The second-order valence-corrected chi connectivity index (χ2v) is 4.68. The Labute approximate surface area is 118 Å². The second-order valence-electron chi connectivity index (χ2n) is 3.84. The van der Waals surface area contributed by atoms with Crippen LogP contribution in [-0.2, 0) is 4.79 Å². The highest BCUT2D eigenvalue weighted by molar-refractivity contribution is 6.34. The van der Waals surface area contributed by atoms with E-state index < -0.39 is 5.69 Å². The van der Waals surface area contributed by atoms with E-state index in [-0.39, 0.29) is 5.91 Å². The minimum Gasteiger partial charge on any atom is -0.274 e. The van der Waals surface area contributed by atoms with Crippen molar-refractivity contribution in [3.05, 3.63) is 44.6 Å². The molecule has 0 saturated heterocycles. The Bertz CT molecular complexity index is 705. The van der Waals surface area contributed by atoms with Crippen molar-refractivity contribution in [2.24, 2.45) is 0 Å². The van der Waals surface area contributed by atoms with Gasteiger partial charge in [-0.05, 0) is 25.1 Å². The number of benzene rings is 1. The van der Waals surface area contributed by atoms with Crippen molar-refractivity contribution >= 4 is 29.1 Å². The van der Waals surface area contributed by atoms with Crippen molar-refractivity contribution in [2.75, 3.05) is 5.43 Å². The van der Waals surface area contributed by atoms with E-state index in [0.717, 1.165) is 9.36 Å². The number of hydrogen-bond acceptors (Lipinski definition) is 3. The quantitative estimate of drug-likeness (QED) is 0.918. The molecule has 8 heteroatoms. The van der Waals surface area contributed by atoms with Crippen LogP contribution in [0.4, 0.5) is 0 Å². The molecular weight excluding hydrogens is 291 g/mol. The zero-order valence-electron chi connectivity index (χ0n) is 10.1. The van der Waals surface area contributed by atoms with Gasteiger partial charge in [-0.3, -0.25) is 10.2 Å². The number of rotatable bonds is 2. The number of aryl methyl sites for hydroxylation is 1. The fourth-order valence-corrected chi connectivity index (χ4v) is 1.92. The number of halogens is 2. The average molecular weight is 301 g/mol. The lowest BCUT2D eigenvalue weighted by Crippen LogP contribution is -2.33. The van der Waals surface area contributed by atoms with E-state index in [1.807, 2.05) is 0 Å². The molecule has 1 N–H and O–H groups in total. The van der Waals surface area contributed by atoms with Crippen LogP contribution in [0.1, 0.15) is 12.7 Å². The van der Waals surface area contributed by atoms with Crippen LogP contribution in [0.2, 0.25) is 10.0 Å². The Morgan fingerprint density at radius 1 is 1.37 bits per heavy atom. The first-order valence-electron chi connectivity index (χ1n) is 5.32. The van der Waals surface area contributed by atoms with Gasteiger partial charge in [0.15, 0.2) is 5.82 Å². The van der Waals surface area contributed by atoms with Gasteiger partial charge in [0.1, 0.15) is 0 Å². The summed E-state index contributed by atoms with van der Waals surface area (Å²) in [7, 11) is 0. The topological polar surface area (TPSA) is 68.9 Å². The van der Waals surface area contributed by atoms with Crippen LogP contribution in [-0.4, -0.2) is 20.4 Å². The van der Waals surface area contributed by atoms with Gasteiger partial charge in [0.25, 0.3) is 0 Å². The number of carbonyl (C=O) groups excluding carboxylic acids is 1. The standard InChI is InChI=1S/C11H10Cl2N4O2/c1-6-14-17(11(19)16(6)15-7(2)18)10-5-8(12)3-4-9(10)13/h3-5H,1-2H3,(H,15,18). The summed E-state index contributed by atoms with van der Waals surface area (Å²) < 4.78 is 2.12. The maximum absolute atomic E-state index is 12.1. The van der Waals surface area contributed by atoms with Crippen LogP contribution in [0.3, 0.4) is 0 Å². The van der Waals surface area contributed by atoms with E-state index in [0.29, 0.717) is 21.6 Å². The molecule has 0 atom stereocenters. The Kier molecular flexibility index (Phi) is 3.64. The summed E-state index contributed by atoms with van der Waals surface area (Å²) in [5.41, 5.74) is 2.19. The lowest BCUT2D eigenvalue weighted by molar-refractivity contribution is -0.115. The molecule has 0 fully saturated rings. The lowest BCUT2D eigenvalue weighted by atomic mass is 10.3. The number of carbonyl (C=O) groups is 1. The first-order chi connectivity index (χ1) is 8.90. The predicted molar refractivity (Wildman–Crippen MR) is 72.6 cm³/mol. The molecule has 0 aliphatic heterocycles. The molecule has 2 aromatic rings. The highest BCUT2D eigenvalue weighted by atomic mass is 35.5. The minimum absolute atomic E-state index is 0.330. The molecule has 2 rings (SSSR count). The number of aromatic nitrogens is 3. The van der Waals surface area contributed by atoms with E-state index >= 15 is 0 Å². The van der Waals surface area contributed by atoms with E-state index in [1.54, 1.807) is 19.1 Å². The third-order valence-electron chi connectivity index (χ3n) is 2.35. The van der Waals surface area contributed by atoms with Crippen LogP contribution in [0.25, 0.3) is 5.69 Å². The third kappa shape index (κ3) is 2.64. The Morgan fingerprint density at radius 3 is 2.68 bits per heavy atom. The molecule has 0 spiro atoms. The van der Waals surface area contributed by atoms with Gasteiger partial charge in [-0.15, -0.1) is 5.10 Å². The molecular formula is C11H10Cl2N4O2. The number of nitrogens with one attached hydrogen (secondary N) is 1. The molecule has 1 aromatic heterocycles. The molecule has 19 heavy (non-hydrogen) atoms. The summed E-state index contributed by atoms with van der Waals surface area (Å²) >= 11 is 11.9. The van der Waals surface area contributed by atoms with E-state index in [4.69, 9.17) is 23.2 Å². The van der Waals surface area contributed by atoms with Gasteiger partial charge >= 0.3 is 5.69 Å². The molecule has 1 heterocycles. The van der Waals surface area contributed by atoms with Gasteiger partial charge in [-0.1, -0.05) is 23.2 Å². The number of hydrogen-bond donors (Lipinski definition) is 1. The largest absolute Gasteiger partial charge is 0.370 e. The second kappa shape index (κ2) is 5.07. The average Bonchev–Trinajstić information content (AvgIpc) is 2.60. The molecule has 0 radical (unpaired) electrons. The van der Waals surface area contributed by atoms with Gasteiger partial charge in [0.2, 0.25) is 5.91 Å². The van der Waals surface area contributed by atoms with Crippen LogP contribution >= 0.6 is 23.2 Å². The summed E-state index contributed by atoms with van der Waals surface area (Å²) in [5, 5.41) is 4.81. The molecule has 0 bridgehead atoms. The molecule has 100 valence electrons. The van der Waals surface area contributed by atoms with Crippen molar-refractivity contribution < 1.29 is 4.79 Å². The highest BCUT2D eigenvalue weighted by Crippen LogP contribution is 2.22. The molecule has 0 aliphatic carbocycles. The normalized spacial score (nSPS) is 10.5. The van der Waals surface area contributed by atoms with Gasteiger partial charge in [0.05, 0.1) is 10.7 Å². The first-order valence-corrected chi connectivity index (χ1v) is 6.07. The summed E-state index contributed by atoms with van der Waals surface area (Å²) in [4.78, 5) is 23.2. The van der Waals surface area contributed by atoms with Crippen LogP contribution in [0.15, 0.2) is 23.0 Å². The summed E-state index contributed by atoms with van der Waals surface area (Å²) in [6.07, 6.45) is 0. The summed E-state index contributed by atoms with van der Waals surface area (Å²) in [5.74, 6) is -0.0433.